The van der Waals surface area contributed by atoms with Gasteiger partial charge in [0, 0.05) is 135 Å². The van der Waals surface area contributed by atoms with E-state index in [1.165, 1.54) is 212 Å². The van der Waals surface area contributed by atoms with Crippen molar-refractivity contribution in [2.24, 2.45) is 0 Å². The zero-order chi connectivity index (χ0) is 96.3. The van der Waals surface area contributed by atoms with Crippen molar-refractivity contribution in [2.45, 2.75) is 5.92 Å². The van der Waals surface area contributed by atoms with E-state index in [2.05, 4.69) is 489 Å². The Morgan fingerprint density at radius 2 is 0.500 bits per heavy atom. The van der Waals surface area contributed by atoms with Crippen molar-refractivity contribution in [1.82, 2.24) is 52.2 Å². The normalized spacial score (nSPS) is 12.9. The lowest BCUT2D eigenvalue weighted by molar-refractivity contribution is 0.892. The van der Waals surface area contributed by atoms with Crippen LogP contribution in [0.4, 0.5) is 0 Å². The van der Waals surface area contributed by atoms with Crippen LogP contribution in [0.5, 0.6) is 0 Å². The van der Waals surface area contributed by atoms with Crippen LogP contribution >= 0.6 is 0 Å². The molecule has 0 saturated carbocycles. The van der Waals surface area contributed by atoms with Gasteiger partial charge in [-0.15, -0.1) is 0 Å². The Morgan fingerprint density at radius 3 is 1.00 bits per heavy atom. The number of aromatic nitrogens is 11. The third-order valence-electron chi connectivity index (χ3n) is 32.0. The lowest BCUT2D eigenvalue weighted by atomic mass is 9.92. The molecule has 11 aromatic heterocycles. The van der Waals surface area contributed by atoms with Crippen LogP contribution in [0, 0.1) is 0 Å². The fraction of sp³-hybridized carbons (Fsp3) is 0.00730. The zero-order valence-electron chi connectivity index (χ0n) is 79.5. The third kappa shape index (κ3) is 11.3. The monoisotopic (exact) mass is 1880 g/mol. The van der Waals surface area contributed by atoms with Gasteiger partial charge in [-0.2, -0.15) is 0 Å². The molecule has 35 rings (SSSR count). The van der Waals surface area contributed by atoms with Crippen molar-refractivity contribution in [1.29, 1.82) is 0 Å². The molecule has 1 aliphatic rings. The van der Waals surface area contributed by atoms with Gasteiger partial charge in [-0.1, -0.05) is 406 Å². The Bertz CT molecular complexity index is 11700. The molecule has 0 aliphatic heterocycles. The standard InChI is InChI=1S/C49H29N3.C46H26N4.C42H24N4/c1-2-12-29(13-3-1)30-22-24-32(25-23-30)46-37-18-8-10-20-41(37)50-49(51-46)44-35-17-7-6-16-34(35)43-40(44)28-39-36-27-26-31-14-4-5-15-33(31)47(36)52-42-21-11-9-19-38(42)45(43)48(39)52;1-3-15-29-27(12-1)14-11-20-31(29)43-33-17-5-8-21-37(33)47-46(48-43)49-38-22-9-6-18-34(38)41-40(49)26-36-32-25-24-28-13-2-4-16-30(28)44(32)50-39-23-10-7-19-35(39)42(41)45(36)50;1-2-13-26(14-3-1)39-29-16-6-9-19-33(29)43-42(44-39)45-34-20-10-7-17-30(34)37-36(45)24-32-28-23-22-25-12-4-5-15-27(25)40(28)46-35-21-11-8-18-31(35)38(37)41(32)46/h1-28,44H;1-26H;1-24H. The highest BCUT2D eigenvalue weighted by Gasteiger charge is 2.38. The molecule has 0 spiro atoms. The first-order valence-corrected chi connectivity index (χ1v) is 50.8. The van der Waals surface area contributed by atoms with Crippen molar-refractivity contribution in [2.75, 3.05) is 0 Å². The fourth-order valence-electron chi connectivity index (χ4n) is 25.9. The summed E-state index contributed by atoms with van der Waals surface area (Å²) in [5, 5.41) is 33.1. The van der Waals surface area contributed by atoms with Gasteiger partial charge in [0.25, 0.3) is 0 Å². The molecule has 1 atom stereocenters. The van der Waals surface area contributed by atoms with Crippen molar-refractivity contribution in [3.63, 3.8) is 0 Å². The highest BCUT2D eigenvalue weighted by Crippen LogP contribution is 2.58. The SMILES string of the molecule is c1ccc(-c2ccc(-c3nc(C4c5ccccc5-c5c4cc4c6ccc7ccccc7c6n6c7ccccc7c5c46)nc4ccccc34)cc2)cc1.c1ccc(-c2nc(-n3c4ccccc4c4c5c6ccccc6n6c7c8ccccc8ccc7c(cc43)c56)nc3ccccc23)cc1.c1ccc2c(-c3nc(-n4c5ccccc5c5c6c7ccccc7n7c8c9ccccc9ccc8c(cc54)c67)nc4ccccc34)cccc2c1. The van der Waals surface area contributed by atoms with E-state index in [9.17, 15) is 0 Å². The van der Waals surface area contributed by atoms with E-state index < -0.39 is 0 Å². The highest BCUT2D eigenvalue weighted by molar-refractivity contribution is 6.40. The molecule has 11 heteroatoms. The minimum absolute atomic E-state index is 0.120. The first-order valence-electron chi connectivity index (χ1n) is 50.8. The lowest BCUT2D eigenvalue weighted by Crippen LogP contribution is -2.07. The summed E-state index contributed by atoms with van der Waals surface area (Å²) in [6.45, 7) is 0. The largest absolute Gasteiger partial charge is 0.307 e. The van der Waals surface area contributed by atoms with Crippen molar-refractivity contribution < 1.29 is 0 Å². The summed E-state index contributed by atoms with van der Waals surface area (Å²) in [5.74, 6) is 2.06. The van der Waals surface area contributed by atoms with Crippen LogP contribution < -0.4 is 0 Å². The van der Waals surface area contributed by atoms with Crippen molar-refractivity contribution in [3.8, 4) is 67.9 Å². The van der Waals surface area contributed by atoms with Gasteiger partial charge in [0.1, 0.15) is 5.82 Å². The summed E-state index contributed by atoms with van der Waals surface area (Å²) >= 11 is 0. The van der Waals surface area contributed by atoms with Gasteiger partial charge in [0.05, 0.1) is 111 Å². The lowest BCUT2D eigenvalue weighted by Gasteiger charge is -2.16. The van der Waals surface area contributed by atoms with E-state index in [0.29, 0.717) is 11.9 Å². The molecule has 1 aliphatic carbocycles. The highest BCUT2D eigenvalue weighted by atomic mass is 15.2. The Balaban J connectivity index is 0.0000000968. The second kappa shape index (κ2) is 30.8. The summed E-state index contributed by atoms with van der Waals surface area (Å²) in [4.78, 5) is 32.3. The molecule has 11 heterocycles. The van der Waals surface area contributed by atoms with Crippen molar-refractivity contribution in [3.05, 3.63) is 490 Å². The number of hydrogen-bond donors (Lipinski definition) is 0. The molecule has 0 amide bonds. The molecule has 682 valence electrons. The second-order valence-electron chi connectivity index (χ2n) is 39.6. The van der Waals surface area contributed by atoms with E-state index in [1.54, 1.807) is 0 Å². The first kappa shape index (κ1) is 80.8. The topological polar surface area (TPSA) is 100 Å². The summed E-state index contributed by atoms with van der Waals surface area (Å²) in [6.07, 6.45) is 0. The van der Waals surface area contributed by atoms with E-state index >= 15 is 0 Å². The average molecular weight is 1880 g/mol. The Morgan fingerprint density at radius 1 is 0.169 bits per heavy atom. The van der Waals surface area contributed by atoms with Gasteiger partial charge in [-0.05, 0) is 127 Å². The van der Waals surface area contributed by atoms with E-state index in [4.69, 9.17) is 29.9 Å². The Kier molecular flexibility index (Phi) is 16.8. The predicted octanol–water partition coefficient (Wildman–Crippen LogP) is 35.0. The van der Waals surface area contributed by atoms with Crippen LogP contribution in [0.1, 0.15) is 22.9 Å². The first-order chi connectivity index (χ1) is 73.5. The van der Waals surface area contributed by atoms with Gasteiger partial charge in [0.15, 0.2) is 0 Å². The third-order valence-corrected chi connectivity index (χ3v) is 32.0. The number of rotatable bonds is 7. The molecule has 0 bridgehead atoms. The maximum atomic E-state index is 5.52. The van der Waals surface area contributed by atoms with Gasteiger partial charge in [-0.25, -0.2) is 29.9 Å². The molecule has 1 unspecified atom stereocenters. The minimum Gasteiger partial charge on any atom is -0.307 e. The minimum atomic E-state index is -0.120. The molecule has 11 nitrogen and oxygen atoms in total. The van der Waals surface area contributed by atoms with E-state index in [-0.39, 0.29) is 5.92 Å². The molecule has 34 aromatic rings. The fourth-order valence-corrected chi connectivity index (χ4v) is 25.9. The summed E-state index contributed by atoms with van der Waals surface area (Å²) < 4.78 is 12.1. The van der Waals surface area contributed by atoms with Gasteiger partial charge < -0.3 is 13.2 Å². The molecule has 23 aromatic carbocycles. The van der Waals surface area contributed by atoms with Crippen molar-refractivity contribution >= 4 is 234 Å². The number of para-hydroxylation sites is 8. The summed E-state index contributed by atoms with van der Waals surface area (Å²) in [6, 6.07) is 170. The number of nitrogens with zero attached hydrogens (tertiary/aromatic N) is 11. The smallest absolute Gasteiger partial charge is 0.235 e. The van der Waals surface area contributed by atoms with Crippen LogP contribution in [0.2, 0.25) is 0 Å². The molecule has 0 radical (unpaired) electrons. The summed E-state index contributed by atoms with van der Waals surface area (Å²) in [5.41, 5.74) is 32.1. The molecular weight excluding hydrogens is 1800 g/mol. The van der Waals surface area contributed by atoms with Crippen LogP contribution in [0.3, 0.4) is 0 Å². The zero-order valence-corrected chi connectivity index (χ0v) is 79.5. The number of hydrogen-bond acceptors (Lipinski definition) is 6. The van der Waals surface area contributed by atoms with Crippen LogP contribution in [-0.2, 0) is 0 Å². The average Bonchev–Trinajstić information content (AvgIpc) is 1.52. The van der Waals surface area contributed by atoms with Crippen LogP contribution in [0.25, 0.3) is 302 Å². The second-order valence-corrected chi connectivity index (χ2v) is 39.6. The quantitative estimate of drug-likeness (QED) is 0.158. The van der Waals surface area contributed by atoms with Gasteiger partial charge >= 0.3 is 0 Å². The molecular formula is C137H79N11. The number of fused-ring (bicyclic) bond motifs is 40. The summed E-state index contributed by atoms with van der Waals surface area (Å²) in [7, 11) is 0. The van der Waals surface area contributed by atoms with Crippen LogP contribution in [-0.4, -0.2) is 52.2 Å². The Hall–Kier alpha value is -19.9. The predicted molar refractivity (Wildman–Crippen MR) is 616 cm³/mol. The maximum absolute atomic E-state index is 5.52. The molecule has 0 N–H and O–H groups in total. The maximum Gasteiger partial charge on any atom is 0.235 e. The van der Waals surface area contributed by atoms with Gasteiger partial charge in [-0.3, -0.25) is 9.13 Å². The Labute approximate surface area is 843 Å². The van der Waals surface area contributed by atoms with Gasteiger partial charge in [0.2, 0.25) is 11.9 Å². The molecule has 0 fully saturated rings. The molecule has 148 heavy (non-hydrogen) atoms. The van der Waals surface area contributed by atoms with E-state index in [1.807, 2.05) is 6.07 Å². The molecule has 0 saturated heterocycles. The number of benzene rings is 23. The van der Waals surface area contributed by atoms with Crippen LogP contribution in [0.15, 0.2) is 473 Å². The van der Waals surface area contributed by atoms with E-state index in [0.717, 1.165) is 94.4 Å².